The van der Waals surface area contributed by atoms with Gasteiger partial charge in [-0.15, -0.1) is 5.10 Å². The lowest BCUT2D eigenvalue weighted by atomic mass is 9.94. The summed E-state index contributed by atoms with van der Waals surface area (Å²) in [6, 6.07) is 4.36. The van der Waals surface area contributed by atoms with Gasteiger partial charge in [-0.3, -0.25) is 9.59 Å². The number of rotatable bonds is 5. The molecule has 0 saturated carbocycles. The van der Waals surface area contributed by atoms with Gasteiger partial charge in [-0.1, -0.05) is 22.9 Å². The topological polar surface area (TPSA) is 97.1 Å². The van der Waals surface area contributed by atoms with Crippen LogP contribution in [0.25, 0.3) is 5.69 Å². The summed E-state index contributed by atoms with van der Waals surface area (Å²) in [7, 11) is 0. The van der Waals surface area contributed by atoms with Gasteiger partial charge in [0.2, 0.25) is 0 Å². The van der Waals surface area contributed by atoms with Crippen LogP contribution < -0.4 is 5.32 Å². The van der Waals surface area contributed by atoms with Crippen molar-refractivity contribution in [1.29, 1.82) is 0 Å². The standard InChI is InChI=1S/C14H14ClFN4O3/c1-14(2,13(22)23)7-17-12(21)9-6-20(19-18-9)10-5-3-4-8(15)11(10)16/h3-6H,7H2,1-2H3,(H,17,21)(H,22,23). The molecule has 0 saturated heterocycles. The van der Waals surface area contributed by atoms with E-state index in [9.17, 15) is 14.0 Å². The first-order valence-electron chi connectivity index (χ1n) is 6.61. The SMILES string of the molecule is CC(C)(CNC(=O)c1cn(-c2cccc(Cl)c2F)nn1)C(=O)O. The highest BCUT2D eigenvalue weighted by molar-refractivity contribution is 6.30. The molecule has 122 valence electrons. The van der Waals surface area contributed by atoms with E-state index in [-0.39, 0.29) is 22.9 Å². The van der Waals surface area contributed by atoms with E-state index in [1.54, 1.807) is 0 Å². The number of hydrogen-bond acceptors (Lipinski definition) is 4. The average molecular weight is 341 g/mol. The number of amides is 1. The maximum Gasteiger partial charge on any atom is 0.310 e. The second-order valence-corrected chi connectivity index (χ2v) is 5.90. The molecule has 0 spiro atoms. The number of carbonyl (C=O) groups excluding carboxylic acids is 1. The van der Waals surface area contributed by atoms with Crippen LogP contribution in [0.2, 0.25) is 5.02 Å². The van der Waals surface area contributed by atoms with Crippen LogP contribution in [0.4, 0.5) is 4.39 Å². The molecule has 1 heterocycles. The van der Waals surface area contributed by atoms with Crippen LogP contribution in [0.5, 0.6) is 0 Å². The number of benzene rings is 1. The van der Waals surface area contributed by atoms with Crippen molar-refractivity contribution in [2.45, 2.75) is 13.8 Å². The van der Waals surface area contributed by atoms with Crippen molar-refractivity contribution in [2.75, 3.05) is 6.54 Å². The molecule has 1 aromatic heterocycles. The van der Waals surface area contributed by atoms with Crippen LogP contribution in [0.1, 0.15) is 24.3 Å². The van der Waals surface area contributed by atoms with E-state index in [4.69, 9.17) is 16.7 Å². The van der Waals surface area contributed by atoms with Gasteiger partial charge >= 0.3 is 5.97 Å². The highest BCUT2D eigenvalue weighted by atomic mass is 35.5. The molecule has 2 N–H and O–H groups in total. The fourth-order valence-electron chi connectivity index (χ4n) is 1.62. The molecule has 0 bridgehead atoms. The summed E-state index contributed by atoms with van der Waals surface area (Å²) in [6.07, 6.45) is 1.23. The molecule has 0 aliphatic carbocycles. The number of hydrogen-bond donors (Lipinski definition) is 2. The molecule has 1 aromatic carbocycles. The van der Waals surface area contributed by atoms with E-state index in [0.29, 0.717) is 0 Å². The predicted octanol–water partition coefficient (Wildman–Crippen LogP) is 1.90. The Kier molecular flexibility index (Phi) is 4.65. The summed E-state index contributed by atoms with van der Waals surface area (Å²) in [4.78, 5) is 23.0. The summed E-state index contributed by atoms with van der Waals surface area (Å²) >= 11 is 5.69. The van der Waals surface area contributed by atoms with Crippen LogP contribution in [0.15, 0.2) is 24.4 Å². The Hall–Kier alpha value is -2.48. The third-order valence-corrected chi connectivity index (χ3v) is 3.47. The van der Waals surface area contributed by atoms with Gasteiger partial charge in [0.15, 0.2) is 11.5 Å². The normalized spacial score (nSPS) is 11.3. The largest absolute Gasteiger partial charge is 0.481 e. The quantitative estimate of drug-likeness (QED) is 0.866. The van der Waals surface area contributed by atoms with Crippen molar-refractivity contribution in [2.24, 2.45) is 5.41 Å². The van der Waals surface area contributed by atoms with E-state index >= 15 is 0 Å². The second-order valence-electron chi connectivity index (χ2n) is 5.49. The van der Waals surface area contributed by atoms with E-state index in [1.165, 1.54) is 38.2 Å². The summed E-state index contributed by atoms with van der Waals surface area (Å²) in [5.41, 5.74) is -1.13. The lowest BCUT2D eigenvalue weighted by Crippen LogP contribution is -2.39. The summed E-state index contributed by atoms with van der Waals surface area (Å²) < 4.78 is 15.0. The molecule has 23 heavy (non-hydrogen) atoms. The zero-order chi connectivity index (χ0) is 17.2. The summed E-state index contributed by atoms with van der Waals surface area (Å²) in [6.45, 7) is 2.88. The Morgan fingerprint density at radius 1 is 1.43 bits per heavy atom. The van der Waals surface area contributed by atoms with Gasteiger partial charge in [-0.2, -0.15) is 0 Å². The third kappa shape index (κ3) is 3.65. The number of nitrogens with zero attached hydrogens (tertiary/aromatic N) is 3. The fourth-order valence-corrected chi connectivity index (χ4v) is 1.79. The lowest BCUT2D eigenvalue weighted by molar-refractivity contribution is -0.146. The van der Waals surface area contributed by atoms with Gasteiger partial charge in [0, 0.05) is 6.54 Å². The first kappa shape index (κ1) is 16.9. The van der Waals surface area contributed by atoms with Gasteiger partial charge in [0.1, 0.15) is 5.69 Å². The molecule has 2 rings (SSSR count). The Labute approximate surface area is 136 Å². The first-order chi connectivity index (χ1) is 10.7. The summed E-state index contributed by atoms with van der Waals surface area (Å²) in [5.74, 6) is -2.33. The fraction of sp³-hybridized carbons (Fsp3) is 0.286. The van der Waals surface area contributed by atoms with Gasteiger partial charge in [-0.05, 0) is 26.0 Å². The Morgan fingerprint density at radius 2 is 2.13 bits per heavy atom. The van der Waals surface area contributed by atoms with E-state index < -0.39 is 23.1 Å². The van der Waals surface area contributed by atoms with Crippen molar-refractivity contribution < 1.29 is 19.1 Å². The van der Waals surface area contributed by atoms with Crippen molar-refractivity contribution >= 4 is 23.5 Å². The zero-order valence-electron chi connectivity index (χ0n) is 12.4. The Morgan fingerprint density at radius 3 is 2.78 bits per heavy atom. The highest BCUT2D eigenvalue weighted by Crippen LogP contribution is 2.20. The van der Waals surface area contributed by atoms with E-state index in [0.717, 1.165) is 4.68 Å². The monoisotopic (exact) mass is 340 g/mol. The number of carbonyl (C=O) groups is 2. The van der Waals surface area contributed by atoms with Crippen LogP contribution in [-0.2, 0) is 4.79 Å². The molecule has 7 nitrogen and oxygen atoms in total. The molecule has 1 amide bonds. The molecule has 0 unspecified atom stereocenters. The number of carboxylic acid groups (broad SMARTS) is 1. The van der Waals surface area contributed by atoms with Gasteiger partial charge in [0.05, 0.1) is 16.6 Å². The average Bonchev–Trinajstić information content (AvgIpc) is 2.97. The summed E-state index contributed by atoms with van der Waals surface area (Å²) in [5, 5.41) is 18.7. The van der Waals surface area contributed by atoms with E-state index in [1.807, 2.05) is 0 Å². The maximum absolute atomic E-state index is 13.9. The minimum atomic E-state index is -1.12. The smallest absolute Gasteiger partial charge is 0.310 e. The number of carboxylic acids is 1. The maximum atomic E-state index is 13.9. The van der Waals surface area contributed by atoms with Crippen LogP contribution in [0, 0.1) is 11.2 Å². The zero-order valence-corrected chi connectivity index (χ0v) is 13.1. The Balaban J connectivity index is 2.15. The van der Waals surface area contributed by atoms with Gasteiger partial charge < -0.3 is 10.4 Å². The van der Waals surface area contributed by atoms with Crippen molar-refractivity contribution in [1.82, 2.24) is 20.3 Å². The molecule has 9 heteroatoms. The van der Waals surface area contributed by atoms with Crippen LogP contribution in [0.3, 0.4) is 0 Å². The van der Waals surface area contributed by atoms with Crippen LogP contribution in [-0.4, -0.2) is 38.5 Å². The first-order valence-corrected chi connectivity index (χ1v) is 6.98. The molecular formula is C14H14ClFN4O3. The van der Waals surface area contributed by atoms with Gasteiger partial charge in [0.25, 0.3) is 5.91 Å². The third-order valence-electron chi connectivity index (χ3n) is 3.17. The number of nitrogens with one attached hydrogen (secondary N) is 1. The number of aromatic nitrogens is 3. The molecule has 0 radical (unpaired) electrons. The predicted molar refractivity (Wildman–Crippen MR) is 80.1 cm³/mol. The van der Waals surface area contributed by atoms with Crippen molar-refractivity contribution in [3.05, 3.63) is 40.9 Å². The highest BCUT2D eigenvalue weighted by Gasteiger charge is 2.28. The molecule has 0 atom stereocenters. The van der Waals surface area contributed by atoms with Crippen molar-refractivity contribution in [3.63, 3.8) is 0 Å². The van der Waals surface area contributed by atoms with Crippen molar-refractivity contribution in [3.8, 4) is 5.69 Å². The van der Waals surface area contributed by atoms with E-state index in [2.05, 4.69) is 15.6 Å². The second kappa shape index (κ2) is 6.33. The molecule has 2 aromatic rings. The molecule has 0 aliphatic heterocycles. The van der Waals surface area contributed by atoms with Crippen LogP contribution >= 0.6 is 11.6 Å². The van der Waals surface area contributed by atoms with Gasteiger partial charge in [-0.25, -0.2) is 9.07 Å². The lowest BCUT2D eigenvalue weighted by Gasteiger charge is -2.18. The molecule has 0 aliphatic rings. The molecular weight excluding hydrogens is 327 g/mol. The number of halogens is 2. The minimum Gasteiger partial charge on any atom is -0.481 e. The number of aliphatic carboxylic acids is 1. The molecule has 0 fully saturated rings. The minimum absolute atomic E-state index is 0.0508. The Bertz CT molecular complexity index is 760.